The van der Waals surface area contributed by atoms with Crippen molar-refractivity contribution >= 4 is 18.3 Å². The molecule has 2 aliphatic rings. The standard InChI is InChI=1S/C17H24N2O3.ClH/c1-2-18-12-13-5-7-19(8-6-13)17(20)14-3-4-15-16(11-14)22-10-9-21-15;/h3-4,11,13,18H,2,5-10,12H2,1H3;1H. The van der Waals surface area contributed by atoms with Crippen LogP contribution in [0, 0.1) is 5.92 Å². The highest BCUT2D eigenvalue weighted by atomic mass is 35.5. The van der Waals surface area contributed by atoms with E-state index < -0.39 is 0 Å². The quantitative estimate of drug-likeness (QED) is 0.914. The third kappa shape index (κ3) is 4.30. The van der Waals surface area contributed by atoms with E-state index in [0.29, 0.717) is 30.4 Å². The topological polar surface area (TPSA) is 50.8 Å². The lowest BCUT2D eigenvalue weighted by Crippen LogP contribution is -2.40. The lowest BCUT2D eigenvalue weighted by molar-refractivity contribution is 0.0689. The van der Waals surface area contributed by atoms with Crippen LogP contribution in [-0.4, -0.2) is 50.2 Å². The van der Waals surface area contributed by atoms with Crippen molar-refractivity contribution in [3.63, 3.8) is 0 Å². The van der Waals surface area contributed by atoms with Crippen molar-refractivity contribution in [2.75, 3.05) is 39.4 Å². The summed E-state index contributed by atoms with van der Waals surface area (Å²) in [7, 11) is 0. The predicted octanol–water partition coefficient (Wildman–Crippen LogP) is 2.34. The highest BCUT2D eigenvalue weighted by molar-refractivity contribution is 5.95. The molecule has 1 saturated heterocycles. The van der Waals surface area contributed by atoms with Gasteiger partial charge in [-0.3, -0.25) is 4.79 Å². The second-order valence-electron chi connectivity index (χ2n) is 5.90. The Kier molecular flexibility index (Phi) is 6.54. The van der Waals surface area contributed by atoms with Crippen LogP contribution in [-0.2, 0) is 0 Å². The van der Waals surface area contributed by atoms with Gasteiger partial charge in [-0.25, -0.2) is 0 Å². The van der Waals surface area contributed by atoms with Gasteiger partial charge in [-0.15, -0.1) is 12.4 Å². The van der Waals surface area contributed by atoms with Gasteiger partial charge in [0, 0.05) is 18.7 Å². The fourth-order valence-corrected chi connectivity index (χ4v) is 3.05. The Morgan fingerprint density at radius 3 is 2.61 bits per heavy atom. The Hall–Kier alpha value is -1.46. The molecule has 2 aliphatic heterocycles. The number of amides is 1. The Bertz CT molecular complexity index is 531. The molecule has 0 atom stereocenters. The van der Waals surface area contributed by atoms with Gasteiger partial charge in [0.05, 0.1) is 0 Å². The number of hydrogen-bond donors (Lipinski definition) is 1. The van der Waals surface area contributed by atoms with Gasteiger partial charge in [-0.1, -0.05) is 6.92 Å². The molecule has 1 aromatic rings. The third-order valence-corrected chi connectivity index (χ3v) is 4.37. The van der Waals surface area contributed by atoms with Crippen LogP contribution in [0.1, 0.15) is 30.1 Å². The van der Waals surface area contributed by atoms with Crippen LogP contribution >= 0.6 is 12.4 Å². The second kappa shape index (κ2) is 8.41. The van der Waals surface area contributed by atoms with Crippen LogP contribution in [0.15, 0.2) is 18.2 Å². The average Bonchev–Trinajstić information content (AvgIpc) is 2.59. The van der Waals surface area contributed by atoms with Gasteiger partial charge in [-0.05, 0) is 50.0 Å². The first-order valence-corrected chi connectivity index (χ1v) is 8.17. The molecule has 0 unspecified atom stereocenters. The van der Waals surface area contributed by atoms with Gasteiger partial charge >= 0.3 is 0 Å². The summed E-state index contributed by atoms with van der Waals surface area (Å²) in [6, 6.07) is 5.47. The molecule has 6 heteroatoms. The summed E-state index contributed by atoms with van der Waals surface area (Å²) in [6.45, 7) is 6.98. The SMILES string of the molecule is CCNCC1CCN(C(=O)c2ccc3c(c2)OCCO3)CC1.Cl. The first-order chi connectivity index (χ1) is 10.8. The van der Waals surface area contributed by atoms with Crippen LogP contribution in [0.25, 0.3) is 0 Å². The molecule has 0 saturated carbocycles. The molecule has 1 amide bonds. The molecule has 128 valence electrons. The molecule has 1 fully saturated rings. The summed E-state index contributed by atoms with van der Waals surface area (Å²) in [6.07, 6.45) is 2.15. The highest BCUT2D eigenvalue weighted by Crippen LogP contribution is 2.31. The number of nitrogens with one attached hydrogen (secondary N) is 1. The van der Waals surface area contributed by atoms with Crippen molar-refractivity contribution in [2.24, 2.45) is 5.92 Å². The summed E-state index contributed by atoms with van der Waals surface area (Å²) < 4.78 is 11.1. The maximum absolute atomic E-state index is 12.6. The monoisotopic (exact) mass is 340 g/mol. The molecule has 0 aliphatic carbocycles. The molecule has 5 nitrogen and oxygen atoms in total. The number of likely N-dealkylation sites (tertiary alicyclic amines) is 1. The number of ether oxygens (including phenoxy) is 2. The predicted molar refractivity (Wildman–Crippen MR) is 91.9 cm³/mol. The number of carbonyl (C=O) groups is 1. The van der Waals surface area contributed by atoms with Crippen molar-refractivity contribution in [3.8, 4) is 11.5 Å². The van der Waals surface area contributed by atoms with Gasteiger partial charge in [0.15, 0.2) is 11.5 Å². The van der Waals surface area contributed by atoms with E-state index in [-0.39, 0.29) is 18.3 Å². The van der Waals surface area contributed by atoms with E-state index >= 15 is 0 Å². The second-order valence-corrected chi connectivity index (χ2v) is 5.90. The van der Waals surface area contributed by atoms with E-state index in [9.17, 15) is 4.79 Å². The van der Waals surface area contributed by atoms with Crippen molar-refractivity contribution < 1.29 is 14.3 Å². The van der Waals surface area contributed by atoms with Crippen molar-refractivity contribution in [1.82, 2.24) is 10.2 Å². The molecule has 2 heterocycles. The smallest absolute Gasteiger partial charge is 0.253 e. The molecular formula is C17H25ClN2O3. The minimum atomic E-state index is 0. The fourth-order valence-electron chi connectivity index (χ4n) is 3.05. The zero-order chi connectivity index (χ0) is 15.4. The molecule has 0 bridgehead atoms. The van der Waals surface area contributed by atoms with Gasteiger partial charge in [0.1, 0.15) is 13.2 Å². The summed E-state index contributed by atoms with van der Waals surface area (Å²) in [5.74, 6) is 2.19. The summed E-state index contributed by atoms with van der Waals surface area (Å²) >= 11 is 0. The molecule has 0 radical (unpaired) electrons. The highest BCUT2D eigenvalue weighted by Gasteiger charge is 2.24. The zero-order valence-electron chi connectivity index (χ0n) is 13.5. The van der Waals surface area contributed by atoms with Crippen LogP contribution in [0.3, 0.4) is 0 Å². The first kappa shape index (κ1) is 17.9. The fraction of sp³-hybridized carbons (Fsp3) is 0.588. The van der Waals surface area contributed by atoms with Gasteiger partial charge in [-0.2, -0.15) is 0 Å². The van der Waals surface area contributed by atoms with E-state index in [1.807, 2.05) is 23.1 Å². The van der Waals surface area contributed by atoms with Gasteiger partial charge in [0.2, 0.25) is 0 Å². The van der Waals surface area contributed by atoms with Crippen molar-refractivity contribution in [1.29, 1.82) is 0 Å². The first-order valence-electron chi connectivity index (χ1n) is 8.17. The van der Waals surface area contributed by atoms with Crippen LogP contribution in [0.2, 0.25) is 0 Å². The molecule has 3 rings (SSSR count). The summed E-state index contributed by atoms with van der Waals surface area (Å²) in [5, 5.41) is 3.39. The summed E-state index contributed by atoms with van der Waals surface area (Å²) in [4.78, 5) is 14.6. The minimum absolute atomic E-state index is 0. The maximum atomic E-state index is 12.6. The van der Waals surface area contributed by atoms with Crippen LogP contribution in [0.5, 0.6) is 11.5 Å². The van der Waals surface area contributed by atoms with Crippen LogP contribution in [0.4, 0.5) is 0 Å². The Morgan fingerprint density at radius 1 is 1.22 bits per heavy atom. The van der Waals surface area contributed by atoms with E-state index in [2.05, 4.69) is 12.2 Å². The number of piperidine rings is 1. The largest absolute Gasteiger partial charge is 0.486 e. The normalized spacial score (nSPS) is 17.5. The lowest BCUT2D eigenvalue weighted by atomic mass is 9.96. The molecule has 23 heavy (non-hydrogen) atoms. The number of rotatable bonds is 4. The number of carbonyl (C=O) groups excluding carboxylic acids is 1. The van der Waals surface area contributed by atoms with Crippen LogP contribution < -0.4 is 14.8 Å². The lowest BCUT2D eigenvalue weighted by Gasteiger charge is -2.32. The molecule has 1 N–H and O–H groups in total. The molecule has 0 spiro atoms. The number of hydrogen-bond acceptors (Lipinski definition) is 4. The average molecular weight is 341 g/mol. The van der Waals surface area contributed by atoms with Gasteiger partial charge in [0.25, 0.3) is 5.91 Å². The molecule has 1 aromatic carbocycles. The Morgan fingerprint density at radius 2 is 1.91 bits per heavy atom. The number of fused-ring (bicyclic) bond motifs is 1. The van der Waals surface area contributed by atoms with Crippen molar-refractivity contribution in [3.05, 3.63) is 23.8 Å². The van der Waals surface area contributed by atoms with E-state index in [1.165, 1.54) is 0 Å². The maximum Gasteiger partial charge on any atom is 0.253 e. The Labute approximate surface area is 143 Å². The molecule has 0 aromatic heterocycles. The van der Waals surface area contributed by atoms with Crippen molar-refractivity contribution in [2.45, 2.75) is 19.8 Å². The molecular weight excluding hydrogens is 316 g/mol. The van der Waals surface area contributed by atoms with Gasteiger partial charge < -0.3 is 19.7 Å². The van der Waals surface area contributed by atoms with E-state index in [1.54, 1.807) is 0 Å². The Balaban J connectivity index is 0.00000192. The van der Waals surface area contributed by atoms with E-state index in [4.69, 9.17) is 9.47 Å². The zero-order valence-corrected chi connectivity index (χ0v) is 14.4. The number of nitrogens with zero attached hydrogens (tertiary/aromatic N) is 1. The number of halogens is 1. The minimum Gasteiger partial charge on any atom is -0.486 e. The van der Waals surface area contributed by atoms with E-state index in [0.717, 1.165) is 44.8 Å². The number of benzene rings is 1. The third-order valence-electron chi connectivity index (χ3n) is 4.37. The summed E-state index contributed by atoms with van der Waals surface area (Å²) in [5.41, 5.74) is 0.689.